The third-order valence-corrected chi connectivity index (χ3v) is 3.72. The molecule has 0 radical (unpaired) electrons. The number of benzene rings is 1. The summed E-state index contributed by atoms with van der Waals surface area (Å²) in [4.78, 5) is 12.9. The molecule has 1 aromatic rings. The van der Waals surface area contributed by atoms with Gasteiger partial charge >= 0.3 is 0 Å². The molecule has 0 aliphatic carbocycles. The van der Waals surface area contributed by atoms with Crippen LogP contribution in [0.1, 0.15) is 12.8 Å². The lowest BCUT2D eigenvalue weighted by Gasteiger charge is -2.32. The number of anilines is 1. The van der Waals surface area contributed by atoms with Crippen LogP contribution >= 0.6 is 0 Å². The summed E-state index contributed by atoms with van der Waals surface area (Å²) in [5, 5.41) is 11.3. The number of hydrogen-bond acceptors (Lipinski definition) is 6. The van der Waals surface area contributed by atoms with E-state index < -0.39 is 0 Å². The minimum Gasteiger partial charge on any atom is -0.486 e. The Bertz CT molecular complexity index is 527. The first-order valence-electron chi connectivity index (χ1n) is 6.73. The van der Waals surface area contributed by atoms with Crippen molar-refractivity contribution in [1.29, 1.82) is 0 Å². The maximum atomic E-state index is 11.3. The Hall–Kier alpha value is -2.02. The second-order valence-electron chi connectivity index (χ2n) is 5.07. The van der Waals surface area contributed by atoms with E-state index in [0.29, 0.717) is 30.4 Å². The van der Waals surface area contributed by atoms with Crippen LogP contribution in [-0.4, -0.2) is 37.3 Å². The number of hydrogen-bond donors (Lipinski definition) is 1. The van der Waals surface area contributed by atoms with Gasteiger partial charge in [0.1, 0.15) is 18.9 Å². The minimum absolute atomic E-state index is 0.0599. The molecule has 0 saturated carbocycles. The lowest BCUT2D eigenvalue weighted by Crippen LogP contribution is -2.40. The van der Waals surface area contributed by atoms with Crippen molar-refractivity contribution in [3.8, 4) is 11.5 Å². The summed E-state index contributed by atoms with van der Waals surface area (Å²) in [6, 6.07) is 3.35. The van der Waals surface area contributed by atoms with Gasteiger partial charge in [0.2, 0.25) is 0 Å². The molecule has 0 atom stereocenters. The smallest absolute Gasteiger partial charge is 0.296 e. The predicted molar refractivity (Wildman–Crippen MR) is 73.5 cm³/mol. The van der Waals surface area contributed by atoms with Gasteiger partial charge in [-0.15, -0.1) is 0 Å². The predicted octanol–water partition coefficient (Wildman–Crippen LogP) is 1.29. The molecule has 1 saturated heterocycles. The molecule has 3 rings (SSSR count). The maximum absolute atomic E-state index is 11.3. The summed E-state index contributed by atoms with van der Waals surface area (Å²) in [5.41, 5.74) is 6.53. The highest BCUT2D eigenvalue weighted by Crippen LogP contribution is 2.41. The van der Waals surface area contributed by atoms with E-state index in [4.69, 9.17) is 15.2 Å². The minimum atomic E-state index is -0.373. The fourth-order valence-corrected chi connectivity index (χ4v) is 2.61. The average molecular weight is 279 g/mol. The molecule has 2 aliphatic rings. The molecular weight excluding hydrogens is 262 g/mol. The van der Waals surface area contributed by atoms with Crippen molar-refractivity contribution in [3.63, 3.8) is 0 Å². The molecule has 0 amide bonds. The third kappa shape index (κ3) is 2.36. The zero-order chi connectivity index (χ0) is 14.1. The molecule has 7 nitrogen and oxygen atoms in total. The Kier molecular flexibility index (Phi) is 3.35. The van der Waals surface area contributed by atoms with E-state index in [9.17, 15) is 10.1 Å². The summed E-state index contributed by atoms with van der Waals surface area (Å²) in [6.07, 6.45) is 1.68. The van der Waals surface area contributed by atoms with Gasteiger partial charge in [-0.3, -0.25) is 10.1 Å². The van der Waals surface area contributed by atoms with Crippen LogP contribution in [-0.2, 0) is 0 Å². The van der Waals surface area contributed by atoms with Crippen LogP contribution in [0.15, 0.2) is 12.1 Å². The number of fused-ring (bicyclic) bond motifs is 1. The maximum Gasteiger partial charge on any atom is 0.296 e. The third-order valence-electron chi connectivity index (χ3n) is 3.72. The summed E-state index contributed by atoms with van der Waals surface area (Å²) in [5.74, 6) is 1.02. The van der Waals surface area contributed by atoms with Crippen LogP contribution in [0.5, 0.6) is 11.5 Å². The molecule has 0 aromatic heterocycles. The van der Waals surface area contributed by atoms with Crippen LogP contribution in [0, 0.1) is 10.1 Å². The van der Waals surface area contributed by atoms with Gasteiger partial charge in [-0.25, -0.2) is 0 Å². The van der Waals surface area contributed by atoms with Crippen molar-refractivity contribution in [2.75, 3.05) is 31.2 Å². The lowest BCUT2D eigenvalue weighted by molar-refractivity contribution is -0.384. The topological polar surface area (TPSA) is 90.9 Å². The van der Waals surface area contributed by atoms with Gasteiger partial charge in [-0.05, 0) is 12.8 Å². The highest BCUT2D eigenvalue weighted by Gasteiger charge is 2.27. The standard InChI is InChI=1S/C13H17N3O4/c14-9-1-3-15(4-2-9)10-7-12-13(20-6-5-19-12)8-11(10)16(17)18/h7-9H,1-6,14H2. The van der Waals surface area contributed by atoms with Gasteiger partial charge in [-0.1, -0.05) is 0 Å². The Labute approximate surface area is 116 Å². The number of nitro benzene ring substituents is 1. The molecule has 0 spiro atoms. The molecule has 0 bridgehead atoms. The van der Waals surface area contributed by atoms with Crippen molar-refractivity contribution in [2.45, 2.75) is 18.9 Å². The molecule has 7 heteroatoms. The zero-order valence-corrected chi connectivity index (χ0v) is 11.1. The molecular formula is C13H17N3O4. The van der Waals surface area contributed by atoms with Crippen molar-refractivity contribution in [3.05, 3.63) is 22.2 Å². The Morgan fingerprint density at radius 3 is 2.40 bits per heavy atom. The molecule has 20 heavy (non-hydrogen) atoms. The van der Waals surface area contributed by atoms with Gasteiger partial charge in [0, 0.05) is 25.2 Å². The summed E-state index contributed by atoms with van der Waals surface area (Å²) in [6.45, 7) is 2.33. The second kappa shape index (κ2) is 5.16. The van der Waals surface area contributed by atoms with Crippen molar-refractivity contribution >= 4 is 11.4 Å². The number of piperidine rings is 1. The number of nitrogens with zero attached hydrogens (tertiary/aromatic N) is 2. The summed E-state index contributed by atoms with van der Waals surface area (Å²) in [7, 11) is 0. The van der Waals surface area contributed by atoms with Crippen molar-refractivity contribution < 1.29 is 14.4 Å². The number of nitro groups is 1. The number of ether oxygens (including phenoxy) is 2. The zero-order valence-electron chi connectivity index (χ0n) is 11.1. The Morgan fingerprint density at radius 1 is 1.20 bits per heavy atom. The van der Waals surface area contributed by atoms with E-state index in [1.54, 1.807) is 6.07 Å². The molecule has 108 valence electrons. The SMILES string of the molecule is NC1CCN(c2cc3c(cc2[N+](=O)[O-])OCCO3)CC1. The largest absolute Gasteiger partial charge is 0.486 e. The number of nitrogens with two attached hydrogens (primary N) is 1. The first-order valence-corrected chi connectivity index (χ1v) is 6.73. The molecule has 1 fully saturated rings. The van der Waals surface area contributed by atoms with Crippen LogP contribution in [0.3, 0.4) is 0 Å². The molecule has 2 aliphatic heterocycles. The van der Waals surface area contributed by atoms with E-state index in [2.05, 4.69) is 0 Å². The first kappa shape index (κ1) is 13.0. The summed E-state index contributed by atoms with van der Waals surface area (Å²) < 4.78 is 10.9. The van der Waals surface area contributed by atoms with E-state index in [0.717, 1.165) is 25.9 Å². The van der Waals surface area contributed by atoms with Gasteiger partial charge in [0.15, 0.2) is 11.5 Å². The fraction of sp³-hybridized carbons (Fsp3) is 0.538. The monoisotopic (exact) mass is 279 g/mol. The van der Waals surface area contributed by atoms with E-state index in [-0.39, 0.29) is 16.7 Å². The van der Waals surface area contributed by atoms with Crippen LogP contribution in [0.4, 0.5) is 11.4 Å². The van der Waals surface area contributed by atoms with Crippen molar-refractivity contribution in [1.82, 2.24) is 0 Å². The average Bonchev–Trinajstić information content (AvgIpc) is 2.46. The van der Waals surface area contributed by atoms with Crippen molar-refractivity contribution in [2.24, 2.45) is 5.73 Å². The first-order chi connectivity index (χ1) is 9.65. The van der Waals surface area contributed by atoms with Gasteiger partial charge < -0.3 is 20.1 Å². The van der Waals surface area contributed by atoms with Crippen LogP contribution < -0.4 is 20.1 Å². The van der Waals surface area contributed by atoms with Gasteiger partial charge in [0.05, 0.1) is 11.0 Å². The Balaban J connectivity index is 1.97. The second-order valence-corrected chi connectivity index (χ2v) is 5.07. The fourth-order valence-electron chi connectivity index (χ4n) is 2.61. The molecule has 0 unspecified atom stereocenters. The lowest BCUT2D eigenvalue weighted by atomic mass is 10.0. The quantitative estimate of drug-likeness (QED) is 0.648. The van der Waals surface area contributed by atoms with E-state index >= 15 is 0 Å². The highest BCUT2D eigenvalue weighted by atomic mass is 16.6. The van der Waals surface area contributed by atoms with Gasteiger partial charge in [-0.2, -0.15) is 0 Å². The van der Waals surface area contributed by atoms with Crippen LogP contribution in [0.2, 0.25) is 0 Å². The Morgan fingerprint density at radius 2 is 1.80 bits per heavy atom. The van der Waals surface area contributed by atoms with E-state index in [1.807, 2.05) is 4.90 Å². The molecule has 2 N–H and O–H groups in total. The van der Waals surface area contributed by atoms with E-state index in [1.165, 1.54) is 6.07 Å². The van der Waals surface area contributed by atoms with Gasteiger partial charge in [0.25, 0.3) is 5.69 Å². The normalized spacial score (nSPS) is 18.9. The molecule has 2 heterocycles. The van der Waals surface area contributed by atoms with Crippen LogP contribution in [0.25, 0.3) is 0 Å². The summed E-state index contributed by atoms with van der Waals surface area (Å²) >= 11 is 0. The number of rotatable bonds is 2. The highest BCUT2D eigenvalue weighted by molar-refractivity contribution is 5.70. The molecule has 1 aromatic carbocycles.